The Hall–Kier alpha value is -2.28. The van der Waals surface area contributed by atoms with Crippen molar-refractivity contribution >= 4 is 67.3 Å². The summed E-state index contributed by atoms with van der Waals surface area (Å²) in [6.45, 7) is 0.895. The summed E-state index contributed by atoms with van der Waals surface area (Å²) in [4.78, 5) is 27.3. The fourth-order valence-corrected chi connectivity index (χ4v) is 6.64. The zero-order valence-electron chi connectivity index (χ0n) is 19.1. The Bertz CT molecular complexity index is 1290. The number of rotatable bonds is 6. The van der Waals surface area contributed by atoms with Crippen LogP contribution in [0.3, 0.4) is 0 Å². The molecule has 1 saturated carbocycles. The molecule has 1 heterocycles. The second-order valence-electron chi connectivity index (χ2n) is 9.04. The van der Waals surface area contributed by atoms with Crippen LogP contribution in [0, 0.1) is 5.92 Å². The van der Waals surface area contributed by atoms with Gasteiger partial charge in [-0.2, -0.15) is 0 Å². The number of carbonyl (C=O) groups excluding carboxylic acids is 2. The van der Waals surface area contributed by atoms with E-state index >= 15 is 0 Å². The van der Waals surface area contributed by atoms with Gasteiger partial charge in [-0.15, -0.1) is 0 Å². The molecule has 0 spiro atoms. The third kappa shape index (κ3) is 5.45. The predicted molar refractivity (Wildman–Crippen MR) is 147 cm³/mol. The van der Waals surface area contributed by atoms with Gasteiger partial charge >= 0.3 is 0 Å². The van der Waals surface area contributed by atoms with E-state index in [1.54, 1.807) is 12.1 Å². The summed E-state index contributed by atoms with van der Waals surface area (Å²) < 4.78 is 6.79. The second-order valence-corrected chi connectivity index (χ2v) is 11.3. The smallest absolute Gasteiger partial charge is 0.293 e. The minimum atomic E-state index is -0.214. The van der Waals surface area contributed by atoms with Crippen molar-refractivity contribution in [3.05, 3.63) is 80.1 Å². The fraction of sp³-hybridized carbons (Fsp3) is 0.286. The molecule has 1 saturated heterocycles. The highest BCUT2D eigenvalue weighted by atomic mass is 79.9. The first kappa shape index (κ1) is 24.4. The Labute approximate surface area is 222 Å². The van der Waals surface area contributed by atoms with Gasteiger partial charge in [0.25, 0.3) is 11.1 Å². The van der Waals surface area contributed by atoms with Gasteiger partial charge in [0.15, 0.2) is 5.75 Å². The number of carbonyl (C=O) groups is 2. The average Bonchev–Trinajstić information content (AvgIpc) is 3.11. The van der Waals surface area contributed by atoms with Crippen LogP contribution in [0.25, 0.3) is 16.8 Å². The maximum atomic E-state index is 12.9. The molecule has 3 aromatic carbocycles. The fourth-order valence-electron chi connectivity index (χ4n) is 4.81. The molecule has 5 rings (SSSR count). The van der Waals surface area contributed by atoms with Crippen LogP contribution in [0.2, 0.25) is 5.02 Å². The Morgan fingerprint density at radius 2 is 1.83 bits per heavy atom. The Morgan fingerprint density at radius 3 is 2.63 bits per heavy atom. The van der Waals surface area contributed by atoms with Crippen molar-refractivity contribution in [2.24, 2.45) is 5.92 Å². The molecule has 0 aromatic heterocycles. The summed E-state index contributed by atoms with van der Waals surface area (Å²) in [6.07, 6.45) is 7.51. The van der Waals surface area contributed by atoms with E-state index < -0.39 is 0 Å². The molecule has 0 unspecified atom stereocenters. The monoisotopic (exact) mass is 569 g/mol. The van der Waals surface area contributed by atoms with E-state index in [-0.39, 0.29) is 11.1 Å². The molecule has 0 bridgehead atoms. The standard InChI is InChI=1S/C28H25BrClNO3S/c29-23-13-19(15-25-27(32)31(28(33)35-25)16-18-7-2-1-3-8-18)14-24(30)26(23)34-17-21-11-6-10-20-9-4-5-12-22(20)21/h4-6,9-15,18H,1-3,7-8,16-17H2/b25-15+. The lowest BCUT2D eigenvalue weighted by molar-refractivity contribution is -0.123. The first-order chi connectivity index (χ1) is 17.0. The summed E-state index contributed by atoms with van der Waals surface area (Å²) in [6, 6.07) is 17.9. The first-order valence-electron chi connectivity index (χ1n) is 11.8. The van der Waals surface area contributed by atoms with Gasteiger partial charge in [-0.05, 0) is 86.6 Å². The Balaban J connectivity index is 1.31. The van der Waals surface area contributed by atoms with Gasteiger partial charge in [0.2, 0.25) is 0 Å². The number of fused-ring (bicyclic) bond motifs is 1. The van der Waals surface area contributed by atoms with Gasteiger partial charge < -0.3 is 4.74 Å². The SMILES string of the molecule is O=C1S/C(=C/c2cc(Cl)c(OCc3cccc4ccccc34)c(Br)c2)C(=O)N1CC1CCCCC1. The summed E-state index contributed by atoms with van der Waals surface area (Å²) in [5, 5.41) is 2.55. The highest BCUT2D eigenvalue weighted by Gasteiger charge is 2.36. The number of ether oxygens (including phenoxy) is 1. The van der Waals surface area contributed by atoms with E-state index in [1.165, 1.54) is 24.2 Å². The normalized spacial score (nSPS) is 18.1. The number of imide groups is 1. The minimum Gasteiger partial charge on any atom is -0.486 e. The van der Waals surface area contributed by atoms with Crippen molar-refractivity contribution in [2.45, 2.75) is 38.7 Å². The van der Waals surface area contributed by atoms with Crippen LogP contribution in [0.5, 0.6) is 5.75 Å². The van der Waals surface area contributed by atoms with Crippen LogP contribution in [-0.4, -0.2) is 22.6 Å². The Morgan fingerprint density at radius 1 is 1.06 bits per heavy atom. The zero-order chi connectivity index (χ0) is 24.4. The van der Waals surface area contributed by atoms with Crippen molar-refractivity contribution in [1.29, 1.82) is 0 Å². The van der Waals surface area contributed by atoms with Crippen molar-refractivity contribution < 1.29 is 14.3 Å². The number of benzene rings is 3. The molecule has 35 heavy (non-hydrogen) atoms. The van der Waals surface area contributed by atoms with Gasteiger partial charge in [-0.25, -0.2) is 0 Å². The molecule has 2 amide bonds. The molecule has 3 aromatic rings. The summed E-state index contributed by atoms with van der Waals surface area (Å²) in [5.74, 6) is 0.745. The minimum absolute atomic E-state index is 0.188. The summed E-state index contributed by atoms with van der Waals surface area (Å²) in [7, 11) is 0. The summed E-state index contributed by atoms with van der Waals surface area (Å²) >= 11 is 11.1. The molecule has 4 nitrogen and oxygen atoms in total. The lowest BCUT2D eigenvalue weighted by Crippen LogP contribution is -2.34. The maximum Gasteiger partial charge on any atom is 0.293 e. The molecule has 0 atom stereocenters. The molecule has 0 radical (unpaired) electrons. The molecule has 180 valence electrons. The molecule has 7 heteroatoms. The highest BCUT2D eigenvalue weighted by Crippen LogP contribution is 2.39. The van der Waals surface area contributed by atoms with Crippen LogP contribution in [0.4, 0.5) is 4.79 Å². The van der Waals surface area contributed by atoms with E-state index in [4.69, 9.17) is 16.3 Å². The first-order valence-corrected chi connectivity index (χ1v) is 13.8. The van der Waals surface area contributed by atoms with Gasteiger partial charge in [0, 0.05) is 6.54 Å². The van der Waals surface area contributed by atoms with Gasteiger partial charge in [0.05, 0.1) is 14.4 Å². The topological polar surface area (TPSA) is 46.6 Å². The number of halogens is 2. The van der Waals surface area contributed by atoms with Crippen LogP contribution >= 0.6 is 39.3 Å². The van der Waals surface area contributed by atoms with Crippen LogP contribution in [0.1, 0.15) is 43.2 Å². The lowest BCUT2D eigenvalue weighted by Gasteiger charge is -2.25. The third-order valence-corrected chi connectivity index (χ3v) is 8.39. The number of thioether (sulfide) groups is 1. The molecule has 0 N–H and O–H groups in total. The van der Waals surface area contributed by atoms with E-state index in [2.05, 4.69) is 34.1 Å². The molecular weight excluding hydrogens is 546 g/mol. The quantitative estimate of drug-likeness (QED) is 0.279. The number of nitrogens with zero attached hydrogens (tertiary/aromatic N) is 1. The number of amides is 2. The molecule has 2 aliphatic rings. The molecule has 2 fully saturated rings. The van der Waals surface area contributed by atoms with Crippen LogP contribution < -0.4 is 4.74 Å². The lowest BCUT2D eigenvalue weighted by atomic mass is 9.89. The Kier molecular flexibility index (Phi) is 7.51. The van der Waals surface area contributed by atoms with E-state index in [0.29, 0.717) is 39.2 Å². The van der Waals surface area contributed by atoms with Gasteiger partial charge in [0.1, 0.15) is 6.61 Å². The maximum absolute atomic E-state index is 12.9. The number of hydrogen-bond acceptors (Lipinski definition) is 4. The molecular formula is C28H25BrClNO3S. The average molecular weight is 571 g/mol. The summed E-state index contributed by atoms with van der Waals surface area (Å²) in [5.41, 5.74) is 1.81. The molecule has 1 aliphatic carbocycles. The predicted octanol–water partition coefficient (Wildman–Crippen LogP) is 8.45. The second kappa shape index (κ2) is 10.8. The number of hydrogen-bond donors (Lipinski definition) is 0. The highest BCUT2D eigenvalue weighted by molar-refractivity contribution is 9.10. The van der Waals surface area contributed by atoms with Crippen LogP contribution in [-0.2, 0) is 11.4 Å². The van der Waals surface area contributed by atoms with Crippen molar-refractivity contribution in [3.63, 3.8) is 0 Å². The van der Waals surface area contributed by atoms with E-state index in [0.717, 1.165) is 46.5 Å². The largest absolute Gasteiger partial charge is 0.486 e. The van der Waals surface area contributed by atoms with Crippen molar-refractivity contribution in [1.82, 2.24) is 4.90 Å². The van der Waals surface area contributed by atoms with E-state index in [1.807, 2.05) is 30.3 Å². The van der Waals surface area contributed by atoms with Gasteiger partial charge in [-0.3, -0.25) is 14.5 Å². The zero-order valence-corrected chi connectivity index (χ0v) is 22.3. The van der Waals surface area contributed by atoms with Crippen LogP contribution in [0.15, 0.2) is 64.0 Å². The van der Waals surface area contributed by atoms with Crippen molar-refractivity contribution in [3.8, 4) is 5.75 Å². The van der Waals surface area contributed by atoms with E-state index in [9.17, 15) is 9.59 Å². The van der Waals surface area contributed by atoms with Crippen molar-refractivity contribution in [2.75, 3.05) is 6.54 Å². The molecule has 1 aliphatic heterocycles. The third-order valence-electron chi connectivity index (χ3n) is 6.61. The van der Waals surface area contributed by atoms with Gasteiger partial charge in [-0.1, -0.05) is 73.3 Å².